The molecule has 1 aromatic carbocycles. The van der Waals surface area contributed by atoms with E-state index in [1.807, 2.05) is 26.0 Å². The highest BCUT2D eigenvalue weighted by atomic mass is 16.2. The van der Waals surface area contributed by atoms with Crippen LogP contribution in [0, 0.1) is 25.2 Å². The summed E-state index contributed by atoms with van der Waals surface area (Å²) in [5.74, 6) is 0.188. The SMILES string of the molecule is CC[N+]1(C2(C(=O)Nc3c(C)cc(C#N)cc3C)CCC2)CCCC1. The number of quaternary nitrogens is 1. The lowest BCUT2D eigenvalue weighted by Gasteiger charge is -2.54. The van der Waals surface area contributed by atoms with Gasteiger partial charge in [0.1, 0.15) is 0 Å². The number of likely N-dealkylation sites (N-methyl/N-ethyl adjacent to an activating group) is 1. The number of rotatable bonds is 4. The molecule has 1 aliphatic carbocycles. The average molecular weight is 326 g/mol. The second-order valence-electron chi connectivity index (χ2n) is 7.55. The Bertz CT molecular complexity index is 668. The molecule has 1 saturated heterocycles. The van der Waals surface area contributed by atoms with Crippen molar-refractivity contribution < 1.29 is 9.28 Å². The zero-order chi connectivity index (χ0) is 17.4. The van der Waals surface area contributed by atoms with Crippen LogP contribution >= 0.6 is 0 Å². The molecule has 1 saturated carbocycles. The quantitative estimate of drug-likeness (QED) is 0.858. The third-order valence-electron chi connectivity index (χ3n) is 6.44. The minimum atomic E-state index is -0.238. The largest absolute Gasteiger partial charge is 0.320 e. The minimum Gasteiger partial charge on any atom is -0.320 e. The van der Waals surface area contributed by atoms with E-state index in [4.69, 9.17) is 5.26 Å². The number of hydrogen-bond donors (Lipinski definition) is 1. The van der Waals surface area contributed by atoms with Crippen molar-refractivity contribution in [3.05, 3.63) is 28.8 Å². The summed E-state index contributed by atoms with van der Waals surface area (Å²) in [7, 11) is 0. The van der Waals surface area contributed by atoms with E-state index >= 15 is 0 Å². The highest BCUT2D eigenvalue weighted by molar-refractivity contribution is 5.99. The van der Waals surface area contributed by atoms with Crippen molar-refractivity contribution in [2.45, 2.75) is 58.4 Å². The average Bonchev–Trinajstić information content (AvgIpc) is 2.99. The van der Waals surface area contributed by atoms with Crippen molar-refractivity contribution >= 4 is 11.6 Å². The van der Waals surface area contributed by atoms with Crippen molar-refractivity contribution in [1.29, 1.82) is 5.26 Å². The maximum Gasteiger partial charge on any atom is 0.285 e. The summed E-state index contributed by atoms with van der Waals surface area (Å²) in [6, 6.07) is 5.90. The van der Waals surface area contributed by atoms with Crippen molar-refractivity contribution in [2.75, 3.05) is 25.0 Å². The molecule has 0 unspecified atom stereocenters. The van der Waals surface area contributed by atoms with E-state index in [-0.39, 0.29) is 11.4 Å². The first kappa shape index (κ1) is 17.0. The molecular formula is C20H28N3O+. The predicted molar refractivity (Wildman–Crippen MR) is 95.6 cm³/mol. The summed E-state index contributed by atoms with van der Waals surface area (Å²) in [5, 5.41) is 12.3. The molecule has 2 fully saturated rings. The van der Waals surface area contributed by atoms with Crippen LogP contribution in [0.15, 0.2) is 12.1 Å². The van der Waals surface area contributed by atoms with Crippen LogP contribution in [0.1, 0.15) is 55.7 Å². The summed E-state index contributed by atoms with van der Waals surface area (Å²) >= 11 is 0. The second kappa shape index (κ2) is 6.22. The Morgan fingerprint density at radius 3 is 2.21 bits per heavy atom. The number of hydrogen-bond acceptors (Lipinski definition) is 2. The van der Waals surface area contributed by atoms with Gasteiger partial charge in [0.25, 0.3) is 5.91 Å². The van der Waals surface area contributed by atoms with Crippen LogP contribution in [0.3, 0.4) is 0 Å². The van der Waals surface area contributed by atoms with Crippen LogP contribution in [0.2, 0.25) is 0 Å². The molecule has 1 heterocycles. The highest BCUT2D eigenvalue weighted by Crippen LogP contribution is 2.46. The molecule has 1 amide bonds. The number of nitriles is 1. The molecule has 2 aliphatic rings. The first-order valence-corrected chi connectivity index (χ1v) is 9.17. The number of nitrogens with one attached hydrogen (secondary N) is 1. The fourth-order valence-corrected chi connectivity index (χ4v) is 4.87. The predicted octanol–water partition coefficient (Wildman–Crippen LogP) is 3.67. The molecule has 0 atom stereocenters. The number of amides is 1. The number of carbonyl (C=O) groups is 1. The molecule has 1 aliphatic heterocycles. The third-order valence-corrected chi connectivity index (χ3v) is 6.44. The van der Waals surface area contributed by atoms with Crippen LogP contribution in [-0.4, -0.2) is 35.6 Å². The van der Waals surface area contributed by atoms with E-state index < -0.39 is 0 Å². The maximum atomic E-state index is 13.3. The van der Waals surface area contributed by atoms with Crippen LogP contribution in [0.5, 0.6) is 0 Å². The van der Waals surface area contributed by atoms with Crippen molar-refractivity contribution in [2.24, 2.45) is 0 Å². The Morgan fingerprint density at radius 2 is 1.79 bits per heavy atom. The van der Waals surface area contributed by atoms with Gasteiger partial charge in [-0.25, -0.2) is 0 Å². The van der Waals surface area contributed by atoms with Gasteiger partial charge in [-0.15, -0.1) is 0 Å². The van der Waals surface area contributed by atoms with Gasteiger partial charge >= 0.3 is 0 Å². The maximum absolute atomic E-state index is 13.3. The monoisotopic (exact) mass is 326 g/mol. The van der Waals surface area contributed by atoms with Gasteiger partial charge in [-0.1, -0.05) is 0 Å². The molecule has 4 heteroatoms. The summed E-state index contributed by atoms with van der Waals surface area (Å²) in [6.07, 6.45) is 5.62. The third kappa shape index (κ3) is 2.43. The number of carbonyl (C=O) groups excluding carboxylic acids is 1. The van der Waals surface area contributed by atoms with Crippen LogP contribution in [-0.2, 0) is 4.79 Å². The lowest BCUT2D eigenvalue weighted by molar-refractivity contribution is -0.960. The Labute approximate surface area is 145 Å². The van der Waals surface area contributed by atoms with Gasteiger partial charge in [0.15, 0.2) is 5.54 Å². The van der Waals surface area contributed by atoms with Crippen molar-refractivity contribution in [3.63, 3.8) is 0 Å². The summed E-state index contributed by atoms with van der Waals surface area (Å²) in [6.45, 7) is 9.48. The lowest BCUT2D eigenvalue weighted by Crippen LogP contribution is -2.71. The molecule has 24 heavy (non-hydrogen) atoms. The zero-order valence-corrected chi connectivity index (χ0v) is 15.1. The molecule has 0 aromatic heterocycles. The highest BCUT2D eigenvalue weighted by Gasteiger charge is 2.60. The van der Waals surface area contributed by atoms with Crippen LogP contribution in [0.25, 0.3) is 0 Å². The topological polar surface area (TPSA) is 52.9 Å². The Morgan fingerprint density at radius 1 is 1.21 bits per heavy atom. The number of nitrogens with zero attached hydrogens (tertiary/aromatic N) is 2. The Hall–Kier alpha value is -1.86. The molecule has 0 spiro atoms. The Balaban J connectivity index is 1.90. The standard InChI is InChI=1S/C20H27N3O/c1-4-23(10-5-6-11-23)20(8-7-9-20)19(24)22-18-15(2)12-17(14-21)13-16(18)3/h12-13H,4-11H2,1-3H3/p+1. The van der Waals surface area contributed by atoms with Gasteiger partial charge in [-0.05, 0) is 50.5 Å². The minimum absolute atomic E-state index is 0.188. The molecular weight excluding hydrogens is 298 g/mol. The lowest BCUT2D eigenvalue weighted by atomic mass is 9.72. The summed E-state index contributed by atoms with van der Waals surface area (Å²) in [4.78, 5) is 13.3. The van der Waals surface area contributed by atoms with Gasteiger partial charge in [0.2, 0.25) is 0 Å². The van der Waals surface area contributed by atoms with E-state index in [1.54, 1.807) is 0 Å². The Kier molecular flexibility index (Phi) is 4.40. The van der Waals surface area contributed by atoms with Crippen molar-refractivity contribution in [3.8, 4) is 6.07 Å². The fraction of sp³-hybridized carbons (Fsp3) is 0.600. The first-order chi connectivity index (χ1) is 11.5. The van der Waals surface area contributed by atoms with Crippen LogP contribution in [0.4, 0.5) is 5.69 Å². The molecule has 3 rings (SSSR count). The number of benzene rings is 1. The molecule has 1 N–H and O–H groups in total. The van der Waals surface area contributed by atoms with Gasteiger partial charge < -0.3 is 9.80 Å². The fourth-order valence-electron chi connectivity index (χ4n) is 4.87. The number of likely N-dealkylation sites (tertiary alicyclic amines) is 1. The van der Waals surface area contributed by atoms with Gasteiger partial charge in [-0.3, -0.25) is 4.79 Å². The van der Waals surface area contributed by atoms with E-state index in [0.717, 1.165) is 60.2 Å². The van der Waals surface area contributed by atoms with Crippen molar-refractivity contribution in [1.82, 2.24) is 0 Å². The zero-order valence-electron chi connectivity index (χ0n) is 15.1. The van der Waals surface area contributed by atoms with Crippen LogP contribution < -0.4 is 5.32 Å². The van der Waals surface area contributed by atoms with Gasteiger partial charge in [0.05, 0.1) is 31.3 Å². The number of aryl methyl sites for hydroxylation is 2. The summed E-state index contributed by atoms with van der Waals surface area (Å²) < 4.78 is 0.965. The van der Waals surface area contributed by atoms with Gasteiger partial charge in [0, 0.05) is 31.4 Å². The van der Waals surface area contributed by atoms with Gasteiger partial charge in [-0.2, -0.15) is 5.26 Å². The molecule has 4 nitrogen and oxygen atoms in total. The second-order valence-corrected chi connectivity index (χ2v) is 7.55. The normalized spacial score (nSPS) is 20.9. The molecule has 0 radical (unpaired) electrons. The first-order valence-electron chi connectivity index (χ1n) is 9.17. The number of anilines is 1. The smallest absolute Gasteiger partial charge is 0.285 e. The molecule has 1 aromatic rings. The van der Waals surface area contributed by atoms with E-state index in [9.17, 15) is 4.79 Å². The summed E-state index contributed by atoms with van der Waals surface area (Å²) in [5.41, 5.74) is 3.24. The van der Waals surface area contributed by atoms with E-state index in [2.05, 4.69) is 18.3 Å². The molecule has 0 bridgehead atoms. The van der Waals surface area contributed by atoms with E-state index in [0.29, 0.717) is 5.56 Å². The van der Waals surface area contributed by atoms with E-state index in [1.165, 1.54) is 12.8 Å². The molecule has 128 valence electrons.